The lowest BCUT2D eigenvalue weighted by atomic mass is 9.97. The number of carbonyl (C=O) groups excluding carboxylic acids is 1. The SMILES string of the molecule is O=C(CCNS(=O)(=O)c1cccc2nsnc12)N1CCC[C@H](c2nnc3ccccn23)C1. The molecule has 1 amide bonds. The van der Waals surface area contributed by atoms with E-state index >= 15 is 0 Å². The Morgan fingerprint density at radius 1 is 1.16 bits per heavy atom. The Kier molecular flexibility index (Phi) is 5.57. The van der Waals surface area contributed by atoms with Gasteiger partial charge in [-0.3, -0.25) is 9.20 Å². The Labute approximate surface area is 188 Å². The molecule has 166 valence electrons. The predicted octanol–water partition coefficient (Wildman–Crippen LogP) is 1.81. The van der Waals surface area contributed by atoms with Crippen molar-refractivity contribution < 1.29 is 13.2 Å². The van der Waals surface area contributed by atoms with E-state index in [2.05, 4.69) is 23.7 Å². The number of nitrogens with zero attached hydrogens (tertiary/aromatic N) is 6. The predicted molar refractivity (Wildman–Crippen MR) is 119 cm³/mol. The van der Waals surface area contributed by atoms with Crippen LogP contribution in [0.25, 0.3) is 16.7 Å². The van der Waals surface area contributed by atoms with Crippen molar-refractivity contribution in [2.75, 3.05) is 19.6 Å². The van der Waals surface area contributed by atoms with Crippen molar-refractivity contribution in [1.82, 2.24) is 33.0 Å². The summed E-state index contributed by atoms with van der Waals surface area (Å²) in [4.78, 5) is 14.7. The van der Waals surface area contributed by atoms with Gasteiger partial charge in [0.1, 0.15) is 21.8 Å². The average Bonchev–Trinajstić information content (AvgIpc) is 3.46. The number of sulfonamides is 1. The number of hydrogen-bond acceptors (Lipinski definition) is 8. The fourth-order valence-corrected chi connectivity index (χ4v) is 5.88. The molecule has 1 aliphatic rings. The summed E-state index contributed by atoms with van der Waals surface area (Å²) in [6.07, 6.45) is 3.80. The van der Waals surface area contributed by atoms with Crippen LogP contribution in [0.1, 0.15) is 31.0 Å². The molecule has 5 rings (SSSR count). The lowest BCUT2D eigenvalue weighted by Gasteiger charge is -2.32. The van der Waals surface area contributed by atoms with Crippen LogP contribution in [-0.2, 0) is 14.8 Å². The summed E-state index contributed by atoms with van der Waals surface area (Å²) in [6.45, 7) is 1.22. The highest BCUT2D eigenvalue weighted by Gasteiger charge is 2.28. The Morgan fingerprint density at radius 2 is 2.06 bits per heavy atom. The quantitative estimate of drug-likeness (QED) is 0.455. The number of amides is 1. The number of rotatable bonds is 6. The summed E-state index contributed by atoms with van der Waals surface area (Å²) >= 11 is 0.966. The van der Waals surface area contributed by atoms with Crippen molar-refractivity contribution in [2.24, 2.45) is 0 Å². The third-order valence-corrected chi connectivity index (χ3v) is 7.68. The van der Waals surface area contributed by atoms with Crippen LogP contribution >= 0.6 is 11.7 Å². The van der Waals surface area contributed by atoms with Gasteiger partial charge in [-0.25, -0.2) is 13.1 Å². The molecular weight excluding hydrogens is 450 g/mol. The second-order valence-corrected chi connectivity index (χ2v) is 9.97. The van der Waals surface area contributed by atoms with Crippen LogP contribution in [0.4, 0.5) is 0 Å². The Bertz CT molecular complexity index is 1380. The smallest absolute Gasteiger partial charge is 0.242 e. The first-order valence-corrected chi connectivity index (χ1v) is 12.5. The number of benzene rings is 1. The molecule has 32 heavy (non-hydrogen) atoms. The number of fused-ring (bicyclic) bond motifs is 2. The average molecular weight is 472 g/mol. The largest absolute Gasteiger partial charge is 0.342 e. The van der Waals surface area contributed by atoms with Crippen LogP contribution in [0.5, 0.6) is 0 Å². The highest BCUT2D eigenvalue weighted by atomic mass is 32.2. The second kappa shape index (κ2) is 8.52. The van der Waals surface area contributed by atoms with Crippen LogP contribution < -0.4 is 4.72 Å². The highest BCUT2D eigenvalue weighted by Crippen LogP contribution is 2.26. The molecule has 1 aliphatic heterocycles. The maximum absolute atomic E-state index is 12.8. The van der Waals surface area contributed by atoms with Crippen molar-refractivity contribution in [2.45, 2.75) is 30.1 Å². The summed E-state index contributed by atoms with van der Waals surface area (Å²) in [5.41, 5.74) is 1.66. The van der Waals surface area contributed by atoms with Crippen molar-refractivity contribution in [1.29, 1.82) is 0 Å². The molecule has 10 nitrogen and oxygen atoms in total. The molecule has 1 fully saturated rings. The molecule has 1 saturated heterocycles. The standard InChI is InChI=1S/C20H21N7O3S2/c28-18(9-10-21-32(29,30)16-7-3-6-15-19(16)25-31-24-15)26-11-4-5-14(13-26)20-23-22-17-8-1-2-12-27(17)20/h1-3,6-8,12,14,21H,4-5,9-11,13H2/t14-/m0/s1. The second-order valence-electron chi connectivity index (χ2n) is 7.70. The minimum Gasteiger partial charge on any atom is -0.342 e. The van der Waals surface area contributed by atoms with Gasteiger partial charge in [-0.15, -0.1) is 10.2 Å². The first-order chi connectivity index (χ1) is 15.5. The van der Waals surface area contributed by atoms with Gasteiger partial charge in [-0.2, -0.15) is 8.75 Å². The van der Waals surface area contributed by atoms with E-state index in [1.807, 2.05) is 28.8 Å². The molecule has 0 radical (unpaired) electrons. The monoisotopic (exact) mass is 471 g/mol. The molecule has 1 aromatic carbocycles. The first-order valence-electron chi connectivity index (χ1n) is 10.3. The van der Waals surface area contributed by atoms with E-state index in [0.29, 0.717) is 24.1 Å². The van der Waals surface area contributed by atoms with Gasteiger partial charge in [0.2, 0.25) is 15.9 Å². The van der Waals surface area contributed by atoms with Gasteiger partial charge in [0.25, 0.3) is 0 Å². The zero-order valence-corrected chi connectivity index (χ0v) is 18.7. The van der Waals surface area contributed by atoms with E-state index in [4.69, 9.17) is 0 Å². The van der Waals surface area contributed by atoms with Crippen LogP contribution in [0.3, 0.4) is 0 Å². The number of piperidine rings is 1. The Balaban J connectivity index is 1.22. The Hall–Kier alpha value is -2.96. The van der Waals surface area contributed by atoms with Crippen molar-refractivity contribution in [3.8, 4) is 0 Å². The fourth-order valence-electron chi connectivity index (χ4n) is 4.08. The van der Waals surface area contributed by atoms with Crippen LogP contribution in [0.2, 0.25) is 0 Å². The molecule has 0 unspecified atom stereocenters. The lowest BCUT2D eigenvalue weighted by molar-refractivity contribution is -0.132. The topological polar surface area (TPSA) is 122 Å². The molecule has 4 aromatic rings. The highest BCUT2D eigenvalue weighted by molar-refractivity contribution is 7.89. The fraction of sp³-hybridized carbons (Fsp3) is 0.350. The van der Waals surface area contributed by atoms with Gasteiger partial charge in [-0.05, 0) is 37.1 Å². The zero-order chi connectivity index (χ0) is 22.1. The lowest BCUT2D eigenvalue weighted by Crippen LogP contribution is -2.41. The van der Waals surface area contributed by atoms with Crippen molar-refractivity contribution in [3.63, 3.8) is 0 Å². The molecule has 4 heterocycles. The number of carbonyl (C=O) groups is 1. The van der Waals surface area contributed by atoms with Gasteiger partial charge in [0.15, 0.2) is 5.65 Å². The number of hydrogen-bond donors (Lipinski definition) is 1. The molecule has 1 atom stereocenters. The molecule has 1 N–H and O–H groups in total. The van der Waals surface area contributed by atoms with Gasteiger partial charge in [0, 0.05) is 38.2 Å². The third kappa shape index (κ3) is 3.96. The minimum atomic E-state index is -3.79. The van der Waals surface area contributed by atoms with Gasteiger partial charge in [0.05, 0.1) is 11.7 Å². The number of nitrogens with one attached hydrogen (secondary N) is 1. The number of likely N-dealkylation sites (tertiary alicyclic amines) is 1. The summed E-state index contributed by atoms with van der Waals surface area (Å²) in [5.74, 6) is 0.861. The summed E-state index contributed by atoms with van der Waals surface area (Å²) in [7, 11) is -3.79. The van der Waals surface area contributed by atoms with Gasteiger partial charge < -0.3 is 4.90 Å². The van der Waals surface area contributed by atoms with Crippen LogP contribution in [-0.4, -0.2) is 62.2 Å². The van der Waals surface area contributed by atoms with Crippen molar-refractivity contribution in [3.05, 3.63) is 48.4 Å². The van der Waals surface area contributed by atoms with E-state index in [-0.39, 0.29) is 29.7 Å². The molecule has 3 aromatic heterocycles. The van der Waals surface area contributed by atoms with Gasteiger partial charge in [-0.1, -0.05) is 12.1 Å². The molecule has 0 bridgehead atoms. The number of pyridine rings is 1. The summed E-state index contributed by atoms with van der Waals surface area (Å²) in [5, 5.41) is 8.55. The van der Waals surface area contributed by atoms with Crippen LogP contribution in [0, 0.1) is 0 Å². The maximum Gasteiger partial charge on any atom is 0.242 e. The maximum atomic E-state index is 12.8. The Morgan fingerprint density at radius 3 is 2.97 bits per heavy atom. The van der Waals surface area contributed by atoms with E-state index < -0.39 is 10.0 Å². The summed E-state index contributed by atoms with van der Waals surface area (Å²) in [6, 6.07) is 10.6. The molecular formula is C20H21N7O3S2. The normalized spacial score (nSPS) is 17.2. The van der Waals surface area contributed by atoms with Crippen LogP contribution in [0.15, 0.2) is 47.5 Å². The minimum absolute atomic E-state index is 0.0180. The third-order valence-electron chi connectivity index (χ3n) is 5.65. The van der Waals surface area contributed by atoms with E-state index in [0.717, 1.165) is 36.0 Å². The van der Waals surface area contributed by atoms with Crippen molar-refractivity contribution >= 4 is 44.3 Å². The molecule has 0 saturated carbocycles. The molecule has 12 heteroatoms. The summed E-state index contributed by atoms with van der Waals surface area (Å²) < 4.78 is 38.1. The number of aromatic nitrogens is 5. The molecule has 0 spiro atoms. The van der Waals surface area contributed by atoms with Gasteiger partial charge >= 0.3 is 0 Å². The molecule has 0 aliphatic carbocycles. The zero-order valence-electron chi connectivity index (χ0n) is 17.1. The van der Waals surface area contributed by atoms with E-state index in [1.54, 1.807) is 17.0 Å². The van der Waals surface area contributed by atoms with E-state index in [9.17, 15) is 13.2 Å². The first kappa shape index (κ1) is 20.9. The van der Waals surface area contributed by atoms with E-state index in [1.165, 1.54) is 6.07 Å².